The average Bonchev–Trinajstić information content (AvgIpc) is 2.68. The van der Waals surface area contributed by atoms with Crippen LogP contribution in [0.5, 0.6) is 11.5 Å². The molecule has 1 atom stereocenters. The molecule has 0 spiro atoms. The van der Waals surface area contributed by atoms with E-state index in [0.717, 1.165) is 17.9 Å². The van der Waals surface area contributed by atoms with Crippen molar-refractivity contribution in [3.63, 3.8) is 0 Å². The third kappa shape index (κ3) is 7.17. The third-order valence-corrected chi connectivity index (χ3v) is 4.11. The predicted molar refractivity (Wildman–Crippen MR) is 114 cm³/mol. The number of methoxy groups -OCH3 is 1. The molecule has 1 unspecified atom stereocenters. The molecule has 2 aromatic carbocycles. The SMILES string of the molecule is CCC(C)Oc1ccc(C(=O)NC(=S)Nc2cccc(OCCOC)c2)cc1. The minimum absolute atomic E-state index is 0.130. The third-order valence-electron chi connectivity index (χ3n) is 3.90. The van der Waals surface area contributed by atoms with Gasteiger partial charge in [-0.25, -0.2) is 0 Å². The lowest BCUT2D eigenvalue weighted by Gasteiger charge is -2.13. The van der Waals surface area contributed by atoms with Gasteiger partial charge in [-0.2, -0.15) is 0 Å². The standard InChI is InChI=1S/C21H26N2O4S/c1-4-15(2)27-18-10-8-16(9-11-18)20(24)23-21(28)22-17-6-5-7-19(14-17)26-13-12-25-3/h5-11,14-15H,4,12-13H2,1-3H3,(H2,22,23,24,28). The van der Waals surface area contributed by atoms with E-state index in [4.69, 9.17) is 26.4 Å². The molecule has 0 saturated heterocycles. The topological polar surface area (TPSA) is 68.8 Å². The fourth-order valence-electron chi connectivity index (χ4n) is 2.24. The lowest BCUT2D eigenvalue weighted by Crippen LogP contribution is -2.34. The first-order valence-corrected chi connectivity index (χ1v) is 9.53. The minimum Gasteiger partial charge on any atom is -0.491 e. The van der Waals surface area contributed by atoms with Crippen molar-refractivity contribution >= 4 is 28.9 Å². The monoisotopic (exact) mass is 402 g/mol. The maximum Gasteiger partial charge on any atom is 0.257 e. The Morgan fingerprint density at radius 2 is 1.86 bits per heavy atom. The molecule has 2 aromatic rings. The van der Waals surface area contributed by atoms with E-state index in [1.54, 1.807) is 37.4 Å². The van der Waals surface area contributed by atoms with Crippen molar-refractivity contribution in [3.05, 3.63) is 54.1 Å². The van der Waals surface area contributed by atoms with Gasteiger partial charge in [0.15, 0.2) is 5.11 Å². The van der Waals surface area contributed by atoms with Crippen molar-refractivity contribution in [2.75, 3.05) is 25.6 Å². The summed E-state index contributed by atoms with van der Waals surface area (Å²) in [6.07, 6.45) is 1.05. The Balaban J connectivity index is 1.88. The largest absolute Gasteiger partial charge is 0.491 e. The summed E-state index contributed by atoms with van der Waals surface area (Å²) >= 11 is 5.23. The molecule has 6 nitrogen and oxygen atoms in total. The first-order valence-electron chi connectivity index (χ1n) is 9.12. The molecule has 0 fully saturated rings. The highest BCUT2D eigenvalue weighted by Crippen LogP contribution is 2.18. The molecular formula is C21H26N2O4S. The fraction of sp³-hybridized carbons (Fsp3) is 0.333. The van der Waals surface area contributed by atoms with Crippen LogP contribution in [-0.2, 0) is 4.74 Å². The summed E-state index contributed by atoms with van der Waals surface area (Å²) in [5.41, 5.74) is 1.22. The van der Waals surface area contributed by atoms with Gasteiger partial charge in [-0.05, 0) is 62.0 Å². The van der Waals surface area contributed by atoms with Gasteiger partial charge in [0.1, 0.15) is 18.1 Å². The molecule has 0 aromatic heterocycles. The van der Waals surface area contributed by atoms with Crippen LogP contribution in [0.2, 0.25) is 0 Å². The van der Waals surface area contributed by atoms with Crippen molar-refractivity contribution in [2.24, 2.45) is 0 Å². The second-order valence-corrected chi connectivity index (χ2v) is 6.55. The molecule has 0 aliphatic rings. The van der Waals surface area contributed by atoms with Crippen LogP contribution in [0, 0.1) is 0 Å². The molecule has 1 amide bonds. The summed E-state index contributed by atoms with van der Waals surface area (Å²) in [7, 11) is 1.62. The molecular weight excluding hydrogens is 376 g/mol. The van der Waals surface area contributed by atoms with E-state index in [2.05, 4.69) is 17.6 Å². The van der Waals surface area contributed by atoms with Gasteiger partial charge < -0.3 is 19.5 Å². The highest BCUT2D eigenvalue weighted by molar-refractivity contribution is 7.80. The summed E-state index contributed by atoms with van der Waals surface area (Å²) in [6.45, 7) is 5.02. The van der Waals surface area contributed by atoms with E-state index >= 15 is 0 Å². The molecule has 0 saturated carbocycles. The number of amides is 1. The smallest absolute Gasteiger partial charge is 0.257 e. The van der Waals surface area contributed by atoms with Gasteiger partial charge in [0.25, 0.3) is 5.91 Å². The number of carbonyl (C=O) groups excluding carboxylic acids is 1. The quantitative estimate of drug-likeness (QED) is 0.488. The van der Waals surface area contributed by atoms with Gasteiger partial charge in [-0.3, -0.25) is 10.1 Å². The number of rotatable bonds is 9. The Kier molecular flexibility index (Phi) is 8.71. The van der Waals surface area contributed by atoms with E-state index in [1.807, 2.05) is 25.1 Å². The number of thiocarbonyl (C=S) groups is 1. The van der Waals surface area contributed by atoms with Gasteiger partial charge in [0.05, 0.1) is 12.7 Å². The van der Waals surface area contributed by atoms with E-state index in [-0.39, 0.29) is 17.1 Å². The number of hydrogen-bond acceptors (Lipinski definition) is 5. The van der Waals surface area contributed by atoms with Crippen molar-refractivity contribution < 1.29 is 19.0 Å². The molecule has 0 bridgehead atoms. The van der Waals surface area contributed by atoms with Crippen LogP contribution >= 0.6 is 12.2 Å². The molecule has 2 N–H and O–H groups in total. The van der Waals surface area contributed by atoms with Gasteiger partial charge >= 0.3 is 0 Å². The van der Waals surface area contributed by atoms with Crippen LogP contribution in [0.25, 0.3) is 0 Å². The molecule has 28 heavy (non-hydrogen) atoms. The van der Waals surface area contributed by atoms with E-state index in [0.29, 0.717) is 24.5 Å². The van der Waals surface area contributed by atoms with E-state index in [9.17, 15) is 4.79 Å². The maximum absolute atomic E-state index is 12.4. The molecule has 0 aliphatic carbocycles. The summed E-state index contributed by atoms with van der Waals surface area (Å²) in [6, 6.07) is 14.3. The van der Waals surface area contributed by atoms with Crippen LogP contribution in [0.1, 0.15) is 30.6 Å². The van der Waals surface area contributed by atoms with Crippen LogP contribution < -0.4 is 20.1 Å². The van der Waals surface area contributed by atoms with Gasteiger partial charge in [0, 0.05) is 24.4 Å². The number of nitrogens with one attached hydrogen (secondary N) is 2. The Labute approximate surface area is 171 Å². The summed E-state index contributed by atoms with van der Waals surface area (Å²) in [5, 5.41) is 5.86. The Hall–Kier alpha value is -2.64. The molecule has 0 heterocycles. The molecule has 0 aliphatic heterocycles. The van der Waals surface area contributed by atoms with Gasteiger partial charge in [0.2, 0.25) is 0 Å². The Bertz CT molecular complexity index is 780. The lowest BCUT2D eigenvalue weighted by molar-refractivity contribution is 0.0977. The average molecular weight is 403 g/mol. The first-order chi connectivity index (χ1) is 13.5. The highest BCUT2D eigenvalue weighted by atomic mass is 32.1. The maximum atomic E-state index is 12.4. The van der Waals surface area contributed by atoms with Crippen molar-refractivity contribution in [3.8, 4) is 11.5 Å². The Morgan fingerprint density at radius 1 is 1.11 bits per heavy atom. The minimum atomic E-state index is -0.292. The number of carbonyl (C=O) groups is 1. The van der Waals surface area contributed by atoms with Crippen LogP contribution in [0.3, 0.4) is 0 Å². The summed E-state index contributed by atoms with van der Waals surface area (Å²) in [4.78, 5) is 12.4. The van der Waals surface area contributed by atoms with Crippen molar-refractivity contribution in [1.82, 2.24) is 5.32 Å². The zero-order chi connectivity index (χ0) is 20.4. The second-order valence-electron chi connectivity index (χ2n) is 6.14. The summed E-state index contributed by atoms with van der Waals surface area (Å²) < 4.78 is 16.2. The molecule has 0 radical (unpaired) electrons. The zero-order valence-electron chi connectivity index (χ0n) is 16.4. The fourth-order valence-corrected chi connectivity index (χ4v) is 2.46. The first kappa shape index (κ1) is 21.7. The zero-order valence-corrected chi connectivity index (χ0v) is 17.2. The molecule has 2 rings (SSSR count). The number of benzene rings is 2. The Morgan fingerprint density at radius 3 is 2.54 bits per heavy atom. The van der Waals surface area contributed by atoms with Crippen LogP contribution in [-0.4, -0.2) is 37.4 Å². The van der Waals surface area contributed by atoms with E-state index < -0.39 is 0 Å². The second kappa shape index (κ2) is 11.3. The number of hydrogen-bond donors (Lipinski definition) is 2. The van der Waals surface area contributed by atoms with Gasteiger partial charge in [-0.15, -0.1) is 0 Å². The van der Waals surface area contributed by atoms with Gasteiger partial charge in [-0.1, -0.05) is 13.0 Å². The number of anilines is 1. The number of ether oxygens (including phenoxy) is 3. The van der Waals surface area contributed by atoms with E-state index in [1.165, 1.54) is 0 Å². The van der Waals surface area contributed by atoms with Crippen molar-refractivity contribution in [2.45, 2.75) is 26.4 Å². The molecule has 7 heteroatoms. The predicted octanol–water partition coefficient (Wildman–Crippen LogP) is 4.02. The lowest BCUT2D eigenvalue weighted by atomic mass is 10.2. The van der Waals surface area contributed by atoms with Crippen molar-refractivity contribution in [1.29, 1.82) is 0 Å². The highest BCUT2D eigenvalue weighted by Gasteiger charge is 2.09. The normalized spacial score (nSPS) is 11.4. The van der Waals surface area contributed by atoms with Crippen LogP contribution in [0.4, 0.5) is 5.69 Å². The molecule has 150 valence electrons. The summed E-state index contributed by atoms with van der Waals surface area (Å²) in [5.74, 6) is 1.13. The van der Waals surface area contributed by atoms with Crippen LogP contribution in [0.15, 0.2) is 48.5 Å².